The minimum Gasteiger partial charge on any atom is -0.496 e. The number of halogens is 1. The number of rotatable bonds is 2. The number of methoxy groups -OCH3 is 2. The molecule has 0 aromatic heterocycles. The second kappa shape index (κ2) is 4.33. The van der Waals surface area contributed by atoms with Crippen molar-refractivity contribution in [2.45, 2.75) is 6.92 Å². The molecule has 0 N–H and O–H groups in total. The summed E-state index contributed by atoms with van der Waals surface area (Å²) in [5, 5.41) is 0.371. The highest BCUT2D eigenvalue weighted by Crippen LogP contribution is 2.26. The van der Waals surface area contributed by atoms with Crippen LogP contribution in [-0.2, 0) is 4.74 Å². The number of hydrogen-bond donors (Lipinski definition) is 0. The standard InChI is InChI=1S/C10H11ClO3/c1-6-4-8(11)7(10(12)14-3)5-9(6)13-2/h4-5H,1-3H3. The van der Waals surface area contributed by atoms with E-state index in [-0.39, 0.29) is 0 Å². The molecule has 0 bridgehead atoms. The van der Waals surface area contributed by atoms with Crippen molar-refractivity contribution in [3.8, 4) is 5.75 Å². The molecule has 0 amide bonds. The molecule has 1 aromatic carbocycles. The van der Waals surface area contributed by atoms with Gasteiger partial charge in [-0.3, -0.25) is 0 Å². The fraction of sp³-hybridized carbons (Fsp3) is 0.300. The van der Waals surface area contributed by atoms with Gasteiger partial charge >= 0.3 is 5.97 Å². The van der Waals surface area contributed by atoms with E-state index in [0.29, 0.717) is 16.3 Å². The summed E-state index contributed by atoms with van der Waals surface area (Å²) < 4.78 is 9.65. The fourth-order valence-corrected chi connectivity index (χ4v) is 1.43. The van der Waals surface area contributed by atoms with Gasteiger partial charge in [-0.1, -0.05) is 11.6 Å². The Morgan fingerprint density at radius 3 is 2.50 bits per heavy atom. The summed E-state index contributed by atoms with van der Waals surface area (Å²) in [7, 11) is 2.85. The zero-order valence-electron chi connectivity index (χ0n) is 8.26. The van der Waals surface area contributed by atoms with Crippen LogP contribution in [0.4, 0.5) is 0 Å². The molecule has 0 heterocycles. The van der Waals surface area contributed by atoms with Gasteiger partial charge in [-0.2, -0.15) is 0 Å². The van der Waals surface area contributed by atoms with Crippen LogP contribution in [0.1, 0.15) is 15.9 Å². The molecule has 0 aliphatic heterocycles. The van der Waals surface area contributed by atoms with E-state index < -0.39 is 5.97 Å². The van der Waals surface area contributed by atoms with Crippen LogP contribution in [0.15, 0.2) is 12.1 Å². The van der Waals surface area contributed by atoms with Crippen LogP contribution >= 0.6 is 11.6 Å². The van der Waals surface area contributed by atoms with E-state index >= 15 is 0 Å². The van der Waals surface area contributed by atoms with Gasteiger partial charge in [-0.25, -0.2) is 4.79 Å². The number of hydrogen-bond acceptors (Lipinski definition) is 3. The highest BCUT2D eigenvalue weighted by atomic mass is 35.5. The van der Waals surface area contributed by atoms with Gasteiger partial charge in [-0.15, -0.1) is 0 Å². The van der Waals surface area contributed by atoms with Crippen molar-refractivity contribution < 1.29 is 14.3 Å². The van der Waals surface area contributed by atoms with Gasteiger partial charge in [-0.05, 0) is 24.6 Å². The first-order valence-electron chi connectivity index (χ1n) is 4.02. The Labute approximate surface area is 87.6 Å². The van der Waals surface area contributed by atoms with Gasteiger partial charge < -0.3 is 9.47 Å². The van der Waals surface area contributed by atoms with Crippen molar-refractivity contribution in [2.75, 3.05) is 14.2 Å². The molecular weight excluding hydrogens is 204 g/mol. The Balaban J connectivity index is 3.24. The van der Waals surface area contributed by atoms with E-state index in [1.165, 1.54) is 14.2 Å². The summed E-state index contributed by atoms with van der Waals surface area (Å²) in [6, 6.07) is 3.25. The number of carbonyl (C=O) groups is 1. The van der Waals surface area contributed by atoms with Gasteiger partial charge in [0.05, 0.1) is 24.8 Å². The Hall–Kier alpha value is -1.22. The summed E-state index contributed by atoms with van der Waals surface area (Å²) in [6.45, 7) is 1.85. The van der Waals surface area contributed by atoms with Gasteiger partial charge in [0.2, 0.25) is 0 Å². The average Bonchev–Trinajstić information content (AvgIpc) is 2.17. The SMILES string of the molecule is COC(=O)c1cc(OC)c(C)cc1Cl. The van der Waals surface area contributed by atoms with E-state index in [1.807, 2.05) is 6.92 Å². The predicted molar refractivity (Wildman–Crippen MR) is 54.1 cm³/mol. The molecule has 1 rings (SSSR count). The van der Waals surface area contributed by atoms with Crippen molar-refractivity contribution >= 4 is 17.6 Å². The van der Waals surface area contributed by atoms with Crippen LogP contribution in [0.2, 0.25) is 5.02 Å². The maximum absolute atomic E-state index is 11.3. The van der Waals surface area contributed by atoms with Gasteiger partial charge in [0.15, 0.2) is 0 Å². The molecule has 76 valence electrons. The lowest BCUT2D eigenvalue weighted by Gasteiger charge is -2.08. The Morgan fingerprint density at radius 2 is 2.00 bits per heavy atom. The van der Waals surface area contributed by atoms with Crippen LogP contribution in [0.3, 0.4) is 0 Å². The minimum atomic E-state index is -0.465. The minimum absolute atomic E-state index is 0.316. The first-order chi connectivity index (χ1) is 6.60. The molecule has 0 unspecified atom stereocenters. The molecule has 0 radical (unpaired) electrons. The van der Waals surface area contributed by atoms with Gasteiger partial charge in [0.25, 0.3) is 0 Å². The van der Waals surface area contributed by atoms with Crippen molar-refractivity contribution in [1.29, 1.82) is 0 Å². The lowest BCUT2D eigenvalue weighted by Crippen LogP contribution is -2.03. The molecular formula is C10H11ClO3. The first-order valence-corrected chi connectivity index (χ1v) is 4.40. The van der Waals surface area contributed by atoms with E-state index in [0.717, 1.165) is 5.56 Å². The summed E-state index contributed by atoms with van der Waals surface area (Å²) in [5.41, 5.74) is 1.20. The maximum Gasteiger partial charge on any atom is 0.339 e. The van der Waals surface area contributed by atoms with Crippen molar-refractivity contribution in [3.05, 3.63) is 28.3 Å². The number of benzene rings is 1. The second-order valence-electron chi connectivity index (χ2n) is 2.79. The molecule has 0 saturated carbocycles. The third-order valence-corrected chi connectivity index (χ3v) is 2.20. The van der Waals surface area contributed by atoms with Crippen LogP contribution in [-0.4, -0.2) is 20.2 Å². The monoisotopic (exact) mass is 214 g/mol. The topological polar surface area (TPSA) is 35.5 Å². The number of carbonyl (C=O) groups excluding carboxylic acids is 1. The van der Waals surface area contributed by atoms with Crippen molar-refractivity contribution in [3.63, 3.8) is 0 Å². The summed E-state index contributed by atoms with van der Waals surface area (Å²) >= 11 is 5.88. The smallest absolute Gasteiger partial charge is 0.339 e. The fourth-order valence-electron chi connectivity index (χ4n) is 1.14. The molecule has 0 spiro atoms. The molecule has 4 heteroatoms. The Kier molecular flexibility index (Phi) is 3.36. The highest BCUT2D eigenvalue weighted by Gasteiger charge is 2.13. The lowest BCUT2D eigenvalue weighted by molar-refractivity contribution is 0.0600. The van der Waals surface area contributed by atoms with E-state index in [2.05, 4.69) is 4.74 Å². The maximum atomic E-state index is 11.3. The van der Waals surface area contributed by atoms with Crippen molar-refractivity contribution in [2.24, 2.45) is 0 Å². The normalized spacial score (nSPS) is 9.71. The highest BCUT2D eigenvalue weighted by molar-refractivity contribution is 6.33. The largest absolute Gasteiger partial charge is 0.496 e. The lowest BCUT2D eigenvalue weighted by atomic mass is 10.1. The third-order valence-electron chi connectivity index (χ3n) is 1.89. The Bertz CT molecular complexity index is 361. The molecule has 0 aliphatic carbocycles. The molecule has 3 nitrogen and oxygen atoms in total. The molecule has 0 fully saturated rings. The van der Waals surface area contributed by atoms with E-state index in [4.69, 9.17) is 16.3 Å². The van der Waals surface area contributed by atoms with E-state index in [1.54, 1.807) is 12.1 Å². The Morgan fingerprint density at radius 1 is 1.36 bits per heavy atom. The quantitative estimate of drug-likeness (QED) is 0.710. The van der Waals surface area contributed by atoms with Gasteiger partial charge in [0, 0.05) is 0 Å². The number of esters is 1. The molecule has 14 heavy (non-hydrogen) atoms. The zero-order valence-corrected chi connectivity index (χ0v) is 9.01. The number of aryl methyl sites for hydroxylation is 1. The first kappa shape index (κ1) is 10.9. The number of ether oxygens (including phenoxy) is 2. The van der Waals surface area contributed by atoms with Crippen LogP contribution in [0, 0.1) is 6.92 Å². The third kappa shape index (κ3) is 1.99. The second-order valence-corrected chi connectivity index (χ2v) is 3.20. The zero-order chi connectivity index (χ0) is 10.7. The molecule has 0 atom stereocenters. The van der Waals surface area contributed by atoms with Crippen molar-refractivity contribution in [1.82, 2.24) is 0 Å². The van der Waals surface area contributed by atoms with Crippen LogP contribution < -0.4 is 4.74 Å². The molecule has 1 aromatic rings. The summed E-state index contributed by atoms with van der Waals surface area (Å²) in [4.78, 5) is 11.3. The van der Waals surface area contributed by atoms with Gasteiger partial charge in [0.1, 0.15) is 5.75 Å². The van der Waals surface area contributed by atoms with Crippen LogP contribution in [0.25, 0.3) is 0 Å². The average molecular weight is 215 g/mol. The summed E-state index contributed by atoms with van der Waals surface area (Å²) in [5.74, 6) is 0.156. The summed E-state index contributed by atoms with van der Waals surface area (Å²) in [6.07, 6.45) is 0. The molecule has 0 saturated heterocycles. The van der Waals surface area contributed by atoms with E-state index in [9.17, 15) is 4.79 Å². The molecule has 0 aliphatic rings. The van der Waals surface area contributed by atoms with Crippen LogP contribution in [0.5, 0.6) is 5.75 Å². The predicted octanol–water partition coefficient (Wildman–Crippen LogP) is 2.44.